The average Bonchev–Trinajstić information content (AvgIpc) is 2.21. The van der Waals surface area contributed by atoms with Crippen molar-refractivity contribution in [1.82, 2.24) is 10.4 Å². The fourth-order valence-electron chi connectivity index (χ4n) is 1.26. The van der Waals surface area contributed by atoms with E-state index in [0.717, 1.165) is 17.7 Å². The number of nitrogens with zero attached hydrogens (tertiary/aromatic N) is 1. The molecule has 0 saturated carbocycles. The van der Waals surface area contributed by atoms with Crippen molar-refractivity contribution in [3.63, 3.8) is 0 Å². The van der Waals surface area contributed by atoms with Crippen LogP contribution in [0.2, 0.25) is 0 Å². The van der Waals surface area contributed by atoms with Crippen LogP contribution < -0.4 is 11.3 Å². The number of terminal acetylenes is 1. The van der Waals surface area contributed by atoms with Gasteiger partial charge < -0.3 is 0 Å². The van der Waals surface area contributed by atoms with Gasteiger partial charge in [-0.25, -0.2) is 0 Å². The van der Waals surface area contributed by atoms with Gasteiger partial charge in [0.05, 0.1) is 0 Å². The third kappa shape index (κ3) is 2.84. The number of aromatic nitrogens is 1. The molecule has 3 N–H and O–H groups in total. The molecule has 0 aliphatic carbocycles. The van der Waals surface area contributed by atoms with E-state index in [1.807, 2.05) is 25.3 Å². The molecule has 1 aromatic rings. The lowest BCUT2D eigenvalue weighted by atomic mass is 10.0. The second-order valence-electron chi connectivity index (χ2n) is 3.19. The molecule has 0 aliphatic heterocycles. The number of hydrazine groups is 1. The molecule has 0 saturated heterocycles. The summed E-state index contributed by atoms with van der Waals surface area (Å²) in [4.78, 5) is 4.21. The van der Waals surface area contributed by atoms with Gasteiger partial charge in [-0.3, -0.25) is 16.3 Å². The van der Waals surface area contributed by atoms with Gasteiger partial charge in [0.2, 0.25) is 0 Å². The minimum atomic E-state index is 0.0964. The number of nitrogens with two attached hydrogens (primary N) is 1. The first-order valence-corrected chi connectivity index (χ1v) is 4.60. The third-order valence-electron chi connectivity index (χ3n) is 2.12. The average molecular weight is 189 g/mol. The van der Waals surface area contributed by atoms with Crippen LogP contribution in [-0.4, -0.2) is 4.98 Å². The number of aryl methyl sites for hydroxylation is 1. The highest BCUT2D eigenvalue weighted by Crippen LogP contribution is 2.16. The number of pyridine rings is 1. The van der Waals surface area contributed by atoms with Crippen LogP contribution in [0.4, 0.5) is 0 Å². The van der Waals surface area contributed by atoms with E-state index in [1.54, 1.807) is 0 Å². The highest BCUT2D eigenvalue weighted by molar-refractivity contribution is 5.17. The summed E-state index contributed by atoms with van der Waals surface area (Å²) in [5, 5.41) is 0. The normalized spacial score (nSPS) is 12.1. The molecule has 1 atom stereocenters. The Hall–Kier alpha value is -1.37. The lowest BCUT2D eigenvalue weighted by molar-refractivity contribution is 0.522. The smallest absolute Gasteiger partial charge is 0.0484 e. The first kappa shape index (κ1) is 10.7. The molecule has 0 bridgehead atoms. The van der Waals surface area contributed by atoms with Crippen LogP contribution in [0, 0.1) is 19.3 Å². The van der Waals surface area contributed by atoms with Crippen LogP contribution >= 0.6 is 0 Å². The topological polar surface area (TPSA) is 50.9 Å². The number of hydrogen-bond donors (Lipinski definition) is 2. The van der Waals surface area contributed by atoms with Gasteiger partial charge in [-0.2, -0.15) is 0 Å². The maximum atomic E-state index is 5.44. The van der Waals surface area contributed by atoms with Gasteiger partial charge >= 0.3 is 0 Å². The maximum absolute atomic E-state index is 5.44. The molecule has 0 spiro atoms. The summed E-state index contributed by atoms with van der Waals surface area (Å²) in [7, 11) is 0. The van der Waals surface area contributed by atoms with Crippen molar-refractivity contribution in [2.75, 3.05) is 0 Å². The Bertz CT molecular complexity index is 310. The van der Waals surface area contributed by atoms with Gasteiger partial charge in [-0.1, -0.05) is 6.07 Å². The lowest BCUT2D eigenvalue weighted by Gasteiger charge is -2.14. The molecule has 0 fully saturated rings. The first-order chi connectivity index (χ1) is 6.77. The lowest BCUT2D eigenvalue weighted by Crippen LogP contribution is -2.28. The fourth-order valence-corrected chi connectivity index (χ4v) is 1.26. The Morgan fingerprint density at radius 1 is 1.64 bits per heavy atom. The third-order valence-corrected chi connectivity index (χ3v) is 2.12. The number of nitrogens with one attached hydrogen (secondary N) is 1. The molecule has 1 heterocycles. The monoisotopic (exact) mass is 189 g/mol. The van der Waals surface area contributed by atoms with Crippen molar-refractivity contribution in [3.8, 4) is 12.3 Å². The quantitative estimate of drug-likeness (QED) is 0.426. The van der Waals surface area contributed by atoms with Gasteiger partial charge in [0.15, 0.2) is 0 Å². The Labute approximate surface area is 84.7 Å². The Kier molecular flexibility index (Phi) is 4.11. The zero-order valence-electron chi connectivity index (χ0n) is 8.33. The summed E-state index contributed by atoms with van der Waals surface area (Å²) < 4.78 is 0. The van der Waals surface area contributed by atoms with E-state index in [2.05, 4.69) is 16.3 Å². The van der Waals surface area contributed by atoms with Crippen molar-refractivity contribution in [2.24, 2.45) is 5.84 Å². The molecule has 1 aromatic heterocycles. The predicted octanol–water partition coefficient (Wildman–Crippen LogP) is 1.31. The van der Waals surface area contributed by atoms with Crippen molar-refractivity contribution >= 4 is 0 Å². The van der Waals surface area contributed by atoms with Crippen molar-refractivity contribution in [3.05, 3.63) is 29.6 Å². The molecule has 3 heteroatoms. The van der Waals surface area contributed by atoms with E-state index < -0.39 is 0 Å². The predicted molar refractivity (Wildman–Crippen MR) is 57.1 cm³/mol. The molecule has 3 nitrogen and oxygen atoms in total. The molecule has 74 valence electrons. The molecule has 14 heavy (non-hydrogen) atoms. The zero-order chi connectivity index (χ0) is 10.4. The zero-order valence-corrected chi connectivity index (χ0v) is 8.33. The molecule has 1 rings (SSSR count). The molecule has 0 aromatic carbocycles. The van der Waals surface area contributed by atoms with Gasteiger partial charge in [0, 0.05) is 24.4 Å². The van der Waals surface area contributed by atoms with Crippen LogP contribution in [0.3, 0.4) is 0 Å². The minimum Gasteiger partial charge on any atom is -0.271 e. The molecular formula is C11H15N3. The second kappa shape index (κ2) is 5.38. The molecule has 0 aliphatic rings. The minimum absolute atomic E-state index is 0.0964. The van der Waals surface area contributed by atoms with Crippen LogP contribution in [0.15, 0.2) is 18.3 Å². The van der Waals surface area contributed by atoms with E-state index in [1.165, 1.54) is 0 Å². The van der Waals surface area contributed by atoms with E-state index in [-0.39, 0.29) is 6.04 Å². The van der Waals surface area contributed by atoms with Crippen molar-refractivity contribution in [1.29, 1.82) is 0 Å². The van der Waals surface area contributed by atoms with E-state index in [0.29, 0.717) is 6.42 Å². The number of rotatable bonds is 4. The van der Waals surface area contributed by atoms with Gasteiger partial charge in [-0.05, 0) is 25.0 Å². The second-order valence-corrected chi connectivity index (χ2v) is 3.19. The summed E-state index contributed by atoms with van der Waals surface area (Å²) >= 11 is 0. The number of hydrogen-bond acceptors (Lipinski definition) is 3. The van der Waals surface area contributed by atoms with Crippen molar-refractivity contribution < 1.29 is 0 Å². The maximum Gasteiger partial charge on any atom is 0.0484 e. The molecule has 1 unspecified atom stereocenters. The van der Waals surface area contributed by atoms with Crippen LogP contribution in [0.25, 0.3) is 0 Å². The summed E-state index contributed by atoms with van der Waals surface area (Å²) in [6, 6.07) is 4.08. The summed E-state index contributed by atoms with van der Waals surface area (Å²) in [5.41, 5.74) is 4.82. The first-order valence-electron chi connectivity index (χ1n) is 4.60. The Morgan fingerprint density at radius 3 is 2.93 bits per heavy atom. The molecule has 0 amide bonds. The highest BCUT2D eigenvalue weighted by atomic mass is 15.2. The van der Waals surface area contributed by atoms with E-state index in [9.17, 15) is 0 Å². The summed E-state index contributed by atoms with van der Waals surface area (Å²) in [6.07, 6.45) is 8.57. The van der Waals surface area contributed by atoms with Gasteiger partial charge in [0.1, 0.15) is 0 Å². The fraction of sp³-hybridized carbons (Fsp3) is 0.364. The Morgan fingerprint density at radius 2 is 2.43 bits per heavy atom. The van der Waals surface area contributed by atoms with E-state index in [4.69, 9.17) is 12.3 Å². The highest BCUT2D eigenvalue weighted by Gasteiger charge is 2.08. The standard InChI is InChI=1S/C11H15N3/c1-3-4-5-11(14-12)10-7-6-9(2)13-8-10/h1,6-8,11,14H,4-5,12H2,2H3. The van der Waals surface area contributed by atoms with Crippen LogP contribution in [-0.2, 0) is 0 Å². The van der Waals surface area contributed by atoms with Crippen LogP contribution in [0.5, 0.6) is 0 Å². The van der Waals surface area contributed by atoms with Crippen molar-refractivity contribution in [2.45, 2.75) is 25.8 Å². The SMILES string of the molecule is C#CCCC(NN)c1ccc(C)nc1. The molecule has 0 radical (unpaired) electrons. The largest absolute Gasteiger partial charge is 0.271 e. The van der Waals surface area contributed by atoms with E-state index >= 15 is 0 Å². The Balaban J connectivity index is 2.69. The summed E-state index contributed by atoms with van der Waals surface area (Å²) in [6.45, 7) is 1.95. The van der Waals surface area contributed by atoms with Crippen LogP contribution in [0.1, 0.15) is 30.1 Å². The van der Waals surface area contributed by atoms with Gasteiger partial charge in [-0.15, -0.1) is 12.3 Å². The summed E-state index contributed by atoms with van der Waals surface area (Å²) in [5.74, 6) is 8.03. The van der Waals surface area contributed by atoms with Gasteiger partial charge in [0.25, 0.3) is 0 Å². The molecular weight excluding hydrogens is 174 g/mol.